The molecular weight excluding hydrogens is 532 g/mol. The number of fused-ring (bicyclic) bond motifs is 1. The van der Waals surface area contributed by atoms with Crippen molar-refractivity contribution in [2.45, 2.75) is 43.9 Å². The second kappa shape index (κ2) is 10.6. The summed E-state index contributed by atoms with van der Waals surface area (Å²) in [5, 5.41) is 3.45. The number of benzene rings is 1. The third kappa shape index (κ3) is 5.36. The van der Waals surface area contributed by atoms with Gasteiger partial charge in [0, 0.05) is 9.90 Å². The Morgan fingerprint density at radius 3 is 2.31 bits per heavy atom. The van der Waals surface area contributed by atoms with Crippen LogP contribution in [-0.2, 0) is 27.1 Å². The van der Waals surface area contributed by atoms with Gasteiger partial charge in [0.1, 0.15) is 5.00 Å². The Hall–Kier alpha value is -2.50. The molecule has 0 spiro atoms. The summed E-state index contributed by atoms with van der Waals surface area (Å²) in [7, 11) is 1.85. The van der Waals surface area contributed by atoms with E-state index in [0.717, 1.165) is 50.9 Å². The smallest absolute Gasteiger partial charge is 0.441 e. The molecule has 1 aliphatic rings. The van der Waals surface area contributed by atoms with E-state index >= 15 is 0 Å². The average Bonchev–Trinajstić information content (AvgIpc) is 2.96. The average molecular weight is 553 g/mol. The summed E-state index contributed by atoms with van der Waals surface area (Å²) in [5.74, 6) is -4.03. The van der Waals surface area contributed by atoms with E-state index in [2.05, 4.69) is 10.1 Å². The lowest BCUT2D eigenvalue weighted by Crippen LogP contribution is -2.69. The Morgan fingerprint density at radius 1 is 1.03 bits per heavy atom. The molecule has 1 atom stereocenters. The van der Waals surface area contributed by atoms with Crippen LogP contribution in [0.25, 0.3) is 0 Å². The van der Waals surface area contributed by atoms with Crippen molar-refractivity contribution in [3.05, 3.63) is 49.8 Å². The van der Waals surface area contributed by atoms with Crippen LogP contribution < -0.4 is 10.6 Å². The Bertz CT molecular complexity index is 1150. The summed E-state index contributed by atoms with van der Waals surface area (Å²) in [5.41, 5.74) is -3.64. The maximum atomic E-state index is 14.6. The van der Waals surface area contributed by atoms with E-state index in [-0.39, 0.29) is 26.2 Å². The SMILES string of the molecule is COC(=O)c1c(N[C@@](NC(=O)c2ccc(Cl)cc2Cl)(C(=O)OC)C(F)(F)F)sc2c1CCCCC2. The standard InChI is InChI=1S/C22H21Cl2F3N2O5S/c1-33-19(31)16-13-6-4-3-5-7-15(13)35-18(16)29-21(20(32)34-2,22(25,26)27)28-17(30)12-9-8-11(23)10-14(12)24/h8-10,29H,3-7H2,1-2H3,(H,28,30)/t21-/m0/s1. The highest BCUT2D eigenvalue weighted by Gasteiger charge is 2.64. The van der Waals surface area contributed by atoms with Crippen LogP contribution >= 0.6 is 34.5 Å². The summed E-state index contributed by atoms with van der Waals surface area (Å²) >= 11 is 12.7. The minimum Gasteiger partial charge on any atom is -0.466 e. The molecule has 0 saturated heterocycles. The predicted molar refractivity (Wildman–Crippen MR) is 125 cm³/mol. The number of anilines is 1. The van der Waals surface area contributed by atoms with Crippen LogP contribution in [0.15, 0.2) is 18.2 Å². The Kier molecular flexibility index (Phi) is 8.23. The molecule has 2 aromatic rings. The summed E-state index contributed by atoms with van der Waals surface area (Å²) in [6, 6.07) is 3.55. The number of amides is 1. The highest BCUT2D eigenvalue weighted by Crippen LogP contribution is 2.42. The lowest BCUT2D eigenvalue weighted by Gasteiger charge is -2.34. The molecular formula is C22H21Cl2F3N2O5S. The Balaban J connectivity index is 2.15. The molecule has 190 valence electrons. The molecule has 0 saturated carbocycles. The number of thiophene rings is 1. The molecule has 0 unspecified atom stereocenters. The van der Waals surface area contributed by atoms with Gasteiger partial charge in [0.15, 0.2) is 0 Å². The van der Waals surface area contributed by atoms with E-state index in [9.17, 15) is 27.6 Å². The Labute approximate surface area is 212 Å². The van der Waals surface area contributed by atoms with Crippen molar-refractivity contribution < 1.29 is 37.0 Å². The van der Waals surface area contributed by atoms with Crippen LogP contribution in [-0.4, -0.2) is 43.9 Å². The number of aryl methyl sites for hydroxylation is 1. The quantitative estimate of drug-likeness (QED) is 0.283. The molecule has 1 aromatic carbocycles. The van der Waals surface area contributed by atoms with E-state index in [0.29, 0.717) is 23.3 Å². The molecule has 1 aromatic heterocycles. The minimum atomic E-state index is -5.40. The first kappa shape index (κ1) is 27.1. The zero-order valence-corrected chi connectivity index (χ0v) is 20.9. The normalized spacial score (nSPS) is 15.3. The third-order valence-corrected chi connectivity index (χ3v) is 7.26. The van der Waals surface area contributed by atoms with Crippen LogP contribution in [0.1, 0.15) is 50.4 Å². The van der Waals surface area contributed by atoms with Crippen molar-refractivity contribution in [2.24, 2.45) is 0 Å². The van der Waals surface area contributed by atoms with Crippen LogP contribution in [0.4, 0.5) is 18.2 Å². The first-order valence-corrected chi connectivity index (χ1v) is 12.0. The predicted octanol–water partition coefficient (Wildman–Crippen LogP) is 5.38. The van der Waals surface area contributed by atoms with Crippen molar-refractivity contribution in [1.82, 2.24) is 5.32 Å². The number of methoxy groups -OCH3 is 2. The molecule has 0 bridgehead atoms. The van der Waals surface area contributed by atoms with Gasteiger partial charge in [-0.2, -0.15) is 13.2 Å². The minimum absolute atomic E-state index is 0.106. The summed E-state index contributed by atoms with van der Waals surface area (Å²) in [4.78, 5) is 38.9. The zero-order chi connectivity index (χ0) is 26.0. The third-order valence-electron chi connectivity index (χ3n) is 5.51. The van der Waals surface area contributed by atoms with Gasteiger partial charge in [-0.25, -0.2) is 9.59 Å². The number of alkyl halides is 3. The van der Waals surface area contributed by atoms with Gasteiger partial charge < -0.3 is 20.1 Å². The highest BCUT2D eigenvalue weighted by atomic mass is 35.5. The number of carbonyl (C=O) groups excluding carboxylic acids is 3. The van der Waals surface area contributed by atoms with Crippen LogP contribution in [0.5, 0.6) is 0 Å². The molecule has 35 heavy (non-hydrogen) atoms. The van der Waals surface area contributed by atoms with Gasteiger partial charge in [0.2, 0.25) is 0 Å². The van der Waals surface area contributed by atoms with Crippen molar-refractivity contribution in [3.8, 4) is 0 Å². The van der Waals surface area contributed by atoms with Crippen LogP contribution in [0, 0.1) is 0 Å². The molecule has 0 aliphatic heterocycles. The van der Waals surface area contributed by atoms with Crippen LogP contribution in [0.2, 0.25) is 10.0 Å². The fourth-order valence-corrected chi connectivity index (χ4v) is 5.60. The number of esters is 2. The monoisotopic (exact) mass is 552 g/mol. The maximum Gasteiger partial charge on any atom is 0.441 e. The molecule has 13 heteroatoms. The first-order chi connectivity index (χ1) is 16.4. The van der Waals surface area contributed by atoms with Crippen molar-refractivity contribution in [3.63, 3.8) is 0 Å². The van der Waals surface area contributed by atoms with Crippen LogP contribution in [0.3, 0.4) is 0 Å². The molecule has 1 heterocycles. The molecule has 0 radical (unpaired) electrons. The first-order valence-electron chi connectivity index (χ1n) is 10.4. The van der Waals surface area contributed by atoms with Gasteiger partial charge >= 0.3 is 23.8 Å². The van der Waals surface area contributed by atoms with E-state index in [1.165, 1.54) is 12.1 Å². The largest absolute Gasteiger partial charge is 0.466 e. The fraction of sp³-hybridized carbons (Fsp3) is 0.409. The molecule has 0 fully saturated rings. The number of hydrogen-bond donors (Lipinski definition) is 2. The molecule has 1 aliphatic carbocycles. The highest BCUT2D eigenvalue weighted by molar-refractivity contribution is 7.16. The second-order valence-electron chi connectivity index (χ2n) is 7.70. The number of ether oxygens (including phenoxy) is 2. The molecule has 1 amide bonds. The van der Waals surface area contributed by atoms with Crippen molar-refractivity contribution in [1.29, 1.82) is 0 Å². The summed E-state index contributed by atoms with van der Waals surface area (Å²) < 4.78 is 52.9. The summed E-state index contributed by atoms with van der Waals surface area (Å²) in [6.45, 7) is 0. The number of hydrogen-bond acceptors (Lipinski definition) is 7. The Morgan fingerprint density at radius 2 is 1.71 bits per heavy atom. The number of nitrogens with one attached hydrogen (secondary N) is 2. The number of rotatable bonds is 6. The fourth-order valence-electron chi connectivity index (χ4n) is 3.77. The van der Waals surface area contributed by atoms with E-state index in [1.54, 1.807) is 5.32 Å². The van der Waals surface area contributed by atoms with E-state index in [4.69, 9.17) is 27.9 Å². The van der Waals surface area contributed by atoms with E-state index < -0.39 is 29.7 Å². The second-order valence-corrected chi connectivity index (χ2v) is 9.65. The van der Waals surface area contributed by atoms with Gasteiger partial charge in [-0.3, -0.25) is 4.79 Å². The van der Waals surface area contributed by atoms with Gasteiger partial charge in [0.25, 0.3) is 5.91 Å². The van der Waals surface area contributed by atoms with Gasteiger partial charge in [-0.15, -0.1) is 11.3 Å². The molecule has 2 N–H and O–H groups in total. The van der Waals surface area contributed by atoms with Gasteiger partial charge in [-0.05, 0) is 49.4 Å². The topological polar surface area (TPSA) is 93.7 Å². The van der Waals surface area contributed by atoms with Crippen molar-refractivity contribution >= 4 is 57.4 Å². The maximum absolute atomic E-state index is 14.6. The molecule has 7 nitrogen and oxygen atoms in total. The van der Waals surface area contributed by atoms with Gasteiger partial charge in [-0.1, -0.05) is 29.6 Å². The zero-order valence-electron chi connectivity index (χ0n) is 18.6. The van der Waals surface area contributed by atoms with Crippen molar-refractivity contribution in [2.75, 3.05) is 19.5 Å². The number of carbonyl (C=O) groups is 3. The number of halogens is 5. The molecule has 3 rings (SSSR count). The van der Waals surface area contributed by atoms with E-state index in [1.807, 2.05) is 0 Å². The lowest BCUT2D eigenvalue weighted by atomic mass is 10.0. The van der Waals surface area contributed by atoms with Gasteiger partial charge in [0.05, 0.1) is 30.4 Å². The summed E-state index contributed by atoms with van der Waals surface area (Å²) in [6.07, 6.45) is -1.96. The lowest BCUT2D eigenvalue weighted by molar-refractivity contribution is -0.203.